The molecule has 0 amide bonds. The minimum Gasteiger partial charge on any atom is -0.291 e. The Morgan fingerprint density at radius 1 is 1.22 bits per heavy atom. The van der Waals surface area contributed by atoms with Crippen molar-refractivity contribution in [2.45, 2.75) is 0 Å². The standard InChI is InChI=1S/C6H6FNO/c7-5-1-3-6(8-9)4-2-5/h1-4,8-9H. The predicted octanol–water partition coefficient (Wildman–Crippen LogP) is 1.63. The largest absolute Gasteiger partial charge is 0.291 e. The second kappa shape index (κ2) is 2.46. The fraction of sp³-hybridized carbons (Fsp3) is 0. The molecule has 0 aromatic heterocycles. The fourth-order valence-electron chi connectivity index (χ4n) is 0.524. The molecule has 0 bridgehead atoms. The average molecular weight is 127 g/mol. The molecule has 0 saturated heterocycles. The molecule has 2 N–H and O–H groups in total. The molecule has 0 spiro atoms. The maximum atomic E-state index is 12.1. The van der Waals surface area contributed by atoms with E-state index in [4.69, 9.17) is 5.21 Å². The summed E-state index contributed by atoms with van der Waals surface area (Å²) in [5, 5.41) is 8.26. The zero-order chi connectivity index (χ0) is 6.69. The molecule has 1 aromatic carbocycles. The van der Waals surface area contributed by atoms with Crippen molar-refractivity contribution in [2.24, 2.45) is 0 Å². The van der Waals surface area contributed by atoms with Crippen molar-refractivity contribution in [1.29, 1.82) is 0 Å². The summed E-state index contributed by atoms with van der Waals surface area (Å²) in [6.07, 6.45) is 0. The zero-order valence-corrected chi connectivity index (χ0v) is 4.63. The smallest absolute Gasteiger partial charge is 0.123 e. The Morgan fingerprint density at radius 2 is 1.78 bits per heavy atom. The van der Waals surface area contributed by atoms with Crippen molar-refractivity contribution < 1.29 is 9.60 Å². The maximum Gasteiger partial charge on any atom is 0.123 e. The molecule has 9 heavy (non-hydrogen) atoms. The third-order valence-corrected chi connectivity index (χ3v) is 0.973. The van der Waals surface area contributed by atoms with Gasteiger partial charge in [0.15, 0.2) is 0 Å². The van der Waals surface area contributed by atoms with Crippen LogP contribution in [-0.4, -0.2) is 5.21 Å². The van der Waals surface area contributed by atoms with Gasteiger partial charge in [0, 0.05) is 0 Å². The van der Waals surface area contributed by atoms with E-state index in [0.717, 1.165) is 0 Å². The van der Waals surface area contributed by atoms with Gasteiger partial charge in [0.05, 0.1) is 5.69 Å². The molecule has 0 unspecified atom stereocenters. The molecule has 0 fully saturated rings. The maximum absolute atomic E-state index is 12.1. The van der Waals surface area contributed by atoms with Gasteiger partial charge in [0.2, 0.25) is 0 Å². The number of anilines is 1. The molecule has 0 heterocycles. The lowest BCUT2D eigenvalue weighted by atomic mass is 10.3. The minimum atomic E-state index is -0.311. The summed E-state index contributed by atoms with van der Waals surface area (Å²) >= 11 is 0. The van der Waals surface area contributed by atoms with Gasteiger partial charge in [-0.05, 0) is 24.3 Å². The fourth-order valence-corrected chi connectivity index (χ4v) is 0.524. The molecule has 0 aliphatic carbocycles. The van der Waals surface area contributed by atoms with E-state index in [1.165, 1.54) is 24.3 Å². The third-order valence-electron chi connectivity index (χ3n) is 0.973. The first-order chi connectivity index (χ1) is 4.33. The Kier molecular flexibility index (Phi) is 1.65. The number of hydrogen-bond donors (Lipinski definition) is 2. The third kappa shape index (κ3) is 1.40. The minimum absolute atomic E-state index is 0.311. The highest BCUT2D eigenvalue weighted by Gasteiger charge is 1.87. The van der Waals surface area contributed by atoms with Crippen molar-refractivity contribution >= 4 is 5.69 Å². The normalized spacial score (nSPS) is 9.11. The quantitative estimate of drug-likeness (QED) is 0.562. The number of halogens is 1. The summed E-state index contributed by atoms with van der Waals surface area (Å²) in [5.41, 5.74) is 2.37. The molecule has 0 aliphatic heterocycles. The van der Waals surface area contributed by atoms with E-state index in [-0.39, 0.29) is 5.82 Å². The summed E-state index contributed by atoms with van der Waals surface area (Å²) in [6.45, 7) is 0. The molecule has 0 saturated carbocycles. The van der Waals surface area contributed by atoms with E-state index in [1.807, 2.05) is 5.48 Å². The van der Waals surface area contributed by atoms with Crippen LogP contribution in [0.2, 0.25) is 0 Å². The highest BCUT2D eigenvalue weighted by molar-refractivity contribution is 5.39. The Balaban J connectivity index is 2.88. The van der Waals surface area contributed by atoms with Crippen LogP contribution >= 0.6 is 0 Å². The van der Waals surface area contributed by atoms with Crippen molar-refractivity contribution in [3.63, 3.8) is 0 Å². The summed E-state index contributed by atoms with van der Waals surface area (Å²) < 4.78 is 12.1. The topological polar surface area (TPSA) is 32.3 Å². The number of nitrogens with one attached hydrogen (secondary N) is 1. The van der Waals surface area contributed by atoms with Gasteiger partial charge in [0.1, 0.15) is 5.82 Å². The van der Waals surface area contributed by atoms with Gasteiger partial charge in [-0.3, -0.25) is 10.7 Å². The number of rotatable bonds is 1. The van der Waals surface area contributed by atoms with Crippen LogP contribution in [0.15, 0.2) is 24.3 Å². The molecular formula is C6H6FNO. The molecule has 1 aromatic rings. The molecule has 1 rings (SSSR count). The van der Waals surface area contributed by atoms with Crippen LogP contribution < -0.4 is 5.48 Å². The second-order valence-corrected chi connectivity index (χ2v) is 1.62. The van der Waals surface area contributed by atoms with Crippen molar-refractivity contribution in [2.75, 3.05) is 5.48 Å². The first kappa shape index (κ1) is 6.04. The number of benzene rings is 1. The zero-order valence-electron chi connectivity index (χ0n) is 4.63. The Morgan fingerprint density at radius 3 is 2.22 bits per heavy atom. The lowest BCUT2D eigenvalue weighted by molar-refractivity contribution is 0.389. The van der Waals surface area contributed by atoms with Crippen molar-refractivity contribution in [1.82, 2.24) is 0 Å². The first-order valence-corrected chi connectivity index (χ1v) is 2.48. The molecule has 3 heteroatoms. The highest BCUT2D eigenvalue weighted by Crippen LogP contribution is 2.05. The van der Waals surface area contributed by atoms with E-state index < -0.39 is 0 Å². The van der Waals surface area contributed by atoms with Crippen LogP contribution in [0.25, 0.3) is 0 Å². The Labute approximate surface area is 51.9 Å². The second-order valence-electron chi connectivity index (χ2n) is 1.62. The molecule has 0 radical (unpaired) electrons. The van der Waals surface area contributed by atoms with Crippen molar-refractivity contribution in [3.8, 4) is 0 Å². The molecule has 2 nitrogen and oxygen atoms in total. The van der Waals surface area contributed by atoms with Crippen LogP contribution in [-0.2, 0) is 0 Å². The van der Waals surface area contributed by atoms with Gasteiger partial charge in [-0.1, -0.05) is 0 Å². The first-order valence-electron chi connectivity index (χ1n) is 2.48. The van der Waals surface area contributed by atoms with E-state index in [2.05, 4.69) is 0 Å². The van der Waals surface area contributed by atoms with Crippen LogP contribution in [0.3, 0.4) is 0 Å². The van der Waals surface area contributed by atoms with E-state index >= 15 is 0 Å². The van der Waals surface area contributed by atoms with E-state index in [0.29, 0.717) is 5.69 Å². The lowest BCUT2D eigenvalue weighted by Gasteiger charge is -1.94. The van der Waals surface area contributed by atoms with Crippen LogP contribution in [0.4, 0.5) is 10.1 Å². The van der Waals surface area contributed by atoms with E-state index in [9.17, 15) is 4.39 Å². The highest BCUT2D eigenvalue weighted by atomic mass is 19.1. The molecule has 0 aliphatic rings. The molecular weight excluding hydrogens is 121 g/mol. The van der Waals surface area contributed by atoms with E-state index in [1.54, 1.807) is 0 Å². The predicted molar refractivity (Wildman–Crippen MR) is 31.8 cm³/mol. The average Bonchev–Trinajstić information content (AvgIpc) is 1.90. The Bertz CT molecular complexity index is 185. The molecule has 0 atom stereocenters. The van der Waals surface area contributed by atoms with Crippen molar-refractivity contribution in [3.05, 3.63) is 30.1 Å². The van der Waals surface area contributed by atoms with Gasteiger partial charge in [-0.2, -0.15) is 0 Å². The summed E-state index contributed by atoms with van der Waals surface area (Å²) in [6, 6.07) is 5.40. The molecule has 48 valence electrons. The van der Waals surface area contributed by atoms with Crippen LogP contribution in [0.5, 0.6) is 0 Å². The van der Waals surface area contributed by atoms with Crippen LogP contribution in [0.1, 0.15) is 0 Å². The van der Waals surface area contributed by atoms with Gasteiger partial charge < -0.3 is 0 Å². The lowest BCUT2D eigenvalue weighted by Crippen LogP contribution is -1.87. The number of hydrogen-bond acceptors (Lipinski definition) is 2. The Hall–Kier alpha value is -1.09. The van der Waals surface area contributed by atoms with Gasteiger partial charge in [-0.25, -0.2) is 4.39 Å². The van der Waals surface area contributed by atoms with Gasteiger partial charge >= 0.3 is 0 Å². The SMILES string of the molecule is ONc1ccc(F)cc1. The van der Waals surface area contributed by atoms with Crippen LogP contribution in [0, 0.1) is 5.82 Å². The van der Waals surface area contributed by atoms with Gasteiger partial charge in [0.25, 0.3) is 0 Å². The monoisotopic (exact) mass is 127 g/mol. The summed E-state index contributed by atoms with van der Waals surface area (Å²) in [5.74, 6) is -0.311. The summed E-state index contributed by atoms with van der Waals surface area (Å²) in [4.78, 5) is 0. The van der Waals surface area contributed by atoms with Gasteiger partial charge in [-0.15, -0.1) is 0 Å². The summed E-state index contributed by atoms with van der Waals surface area (Å²) in [7, 11) is 0.